The van der Waals surface area contributed by atoms with Gasteiger partial charge < -0.3 is 33.2 Å². The second-order valence-corrected chi connectivity index (χ2v) is 10.7. The Hall–Kier alpha value is -0.780. The molecule has 0 aromatic heterocycles. The predicted molar refractivity (Wildman–Crippen MR) is 111 cm³/mol. The highest BCUT2D eigenvalue weighted by Gasteiger charge is 2.60. The van der Waals surface area contributed by atoms with Crippen LogP contribution in [0.2, 0.25) is 0 Å². The maximum atomic E-state index is 12.6. The van der Waals surface area contributed by atoms with Crippen molar-refractivity contribution in [2.24, 2.45) is 5.41 Å². The number of alkyl halides is 1. The number of carbonyl (C=O) groups is 2. The van der Waals surface area contributed by atoms with Crippen molar-refractivity contribution in [3.63, 3.8) is 0 Å². The number of fused-ring (bicyclic) bond motifs is 3. The fourth-order valence-electron chi connectivity index (χ4n) is 4.02. The summed E-state index contributed by atoms with van der Waals surface area (Å²) in [4.78, 5) is 24.0. The molecule has 0 bridgehead atoms. The Labute approximate surface area is 191 Å². The molecule has 3 saturated heterocycles. The first kappa shape index (κ1) is 24.9. The molecule has 0 amide bonds. The monoisotopic (exact) mass is 508 g/mol. The molecule has 3 unspecified atom stereocenters. The van der Waals surface area contributed by atoms with Gasteiger partial charge in [0, 0.05) is 0 Å². The fraction of sp³-hybridized carbons (Fsp3) is 0.905. The maximum absolute atomic E-state index is 12.6. The van der Waals surface area contributed by atoms with Gasteiger partial charge in [0.05, 0.1) is 12.0 Å². The minimum absolute atomic E-state index is 0.0472. The van der Waals surface area contributed by atoms with Crippen LogP contribution in [0.4, 0.5) is 0 Å². The Morgan fingerprint density at radius 2 is 1.55 bits per heavy atom. The summed E-state index contributed by atoms with van der Waals surface area (Å²) in [7, 11) is 0. The van der Waals surface area contributed by atoms with Crippen LogP contribution in [0.5, 0.6) is 0 Å². The van der Waals surface area contributed by atoms with Crippen molar-refractivity contribution in [3.05, 3.63) is 0 Å². The van der Waals surface area contributed by atoms with Crippen molar-refractivity contribution in [3.8, 4) is 0 Å². The van der Waals surface area contributed by atoms with Gasteiger partial charge in [0.15, 0.2) is 17.9 Å². The van der Waals surface area contributed by atoms with Crippen LogP contribution in [0, 0.1) is 5.41 Å². The van der Waals surface area contributed by atoms with Crippen molar-refractivity contribution in [2.75, 3.05) is 13.2 Å². The standard InChI is InChI=1S/C21H33BrO9/c1-8-25-18(24)19(2,3)9-11(22)16(23)26-10-12-13-14(29-20(4,5)28-13)15-17(27-12)31-21(6,7)30-15/h11-15,17H,8-10H2,1-7H3/t11?,12?,13-,14-,15?,17+/m0/s1. The lowest BCUT2D eigenvalue weighted by Crippen LogP contribution is -2.56. The van der Waals surface area contributed by atoms with Gasteiger partial charge in [-0.05, 0) is 54.9 Å². The van der Waals surface area contributed by atoms with Crippen molar-refractivity contribution in [1.82, 2.24) is 0 Å². The largest absolute Gasteiger partial charge is 0.466 e. The molecular weight excluding hydrogens is 476 g/mol. The molecule has 3 aliphatic rings. The van der Waals surface area contributed by atoms with Crippen molar-refractivity contribution >= 4 is 27.9 Å². The summed E-state index contributed by atoms with van der Waals surface area (Å²) in [6, 6.07) is 0. The van der Waals surface area contributed by atoms with E-state index in [1.54, 1.807) is 34.6 Å². The zero-order chi connectivity index (χ0) is 23.2. The molecule has 0 saturated carbocycles. The lowest BCUT2D eigenvalue weighted by atomic mass is 9.88. The van der Waals surface area contributed by atoms with E-state index in [4.69, 9.17) is 33.2 Å². The molecule has 0 spiro atoms. The minimum Gasteiger partial charge on any atom is -0.466 e. The van der Waals surface area contributed by atoms with Crippen LogP contribution < -0.4 is 0 Å². The van der Waals surface area contributed by atoms with E-state index in [2.05, 4.69) is 15.9 Å². The first-order valence-electron chi connectivity index (χ1n) is 10.6. The third-order valence-electron chi connectivity index (χ3n) is 5.41. The summed E-state index contributed by atoms with van der Waals surface area (Å²) in [6.07, 6.45) is -2.35. The Morgan fingerprint density at radius 3 is 2.19 bits per heavy atom. The minimum atomic E-state index is -0.837. The topological polar surface area (TPSA) is 98.8 Å². The molecule has 10 heteroatoms. The molecule has 3 heterocycles. The molecular formula is C21H33BrO9. The predicted octanol–water partition coefficient (Wildman–Crippen LogP) is 2.67. The summed E-state index contributed by atoms with van der Waals surface area (Å²) in [5.41, 5.74) is -0.837. The first-order chi connectivity index (χ1) is 14.2. The fourth-order valence-corrected chi connectivity index (χ4v) is 4.96. The van der Waals surface area contributed by atoms with E-state index in [9.17, 15) is 9.59 Å². The molecule has 6 atom stereocenters. The Kier molecular flexibility index (Phi) is 7.11. The summed E-state index contributed by atoms with van der Waals surface area (Å²) in [6.45, 7) is 12.7. The molecule has 178 valence electrons. The van der Waals surface area contributed by atoms with Gasteiger partial charge in [-0.15, -0.1) is 0 Å². The van der Waals surface area contributed by atoms with Crippen LogP contribution >= 0.6 is 15.9 Å². The molecule has 0 radical (unpaired) electrons. The third-order valence-corrected chi connectivity index (χ3v) is 6.11. The van der Waals surface area contributed by atoms with Crippen molar-refractivity contribution in [2.45, 2.75) is 102 Å². The van der Waals surface area contributed by atoms with E-state index in [0.717, 1.165) is 0 Å². The number of esters is 2. The average Bonchev–Trinajstić information content (AvgIpc) is 3.13. The lowest BCUT2D eigenvalue weighted by Gasteiger charge is -2.37. The third kappa shape index (κ3) is 5.59. The zero-order valence-corrected chi connectivity index (χ0v) is 20.7. The maximum Gasteiger partial charge on any atom is 0.319 e. The van der Waals surface area contributed by atoms with Gasteiger partial charge in [0.25, 0.3) is 0 Å². The van der Waals surface area contributed by atoms with Crippen LogP contribution in [0.15, 0.2) is 0 Å². The Morgan fingerprint density at radius 1 is 0.968 bits per heavy atom. The number of hydrogen-bond acceptors (Lipinski definition) is 9. The molecule has 9 nitrogen and oxygen atoms in total. The lowest BCUT2D eigenvalue weighted by molar-refractivity contribution is -0.242. The van der Waals surface area contributed by atoms with Gasteiger partial charge in [-0.1, -0.05) is 15.9 Å². The highest BCUT2D eigenvalue weighted by molar-refractivity contribution is 9.10. The molecule has 31 heavy (non-hydrogen) atoms. The van der Waals surface area contributed by atoms with E-state index >= 15 is 0 Å². The van der Waals surface area contributed by atoms with Crippen LogP contribution in [0.1, 0.15) is 54.9 Å². The van der Waals surface area contributed by atoms with Gasteiger partial charge in [0.1, 0.15) is 35.8 Å². The van der Waals surface area contributed by atoms with Crippen LogP contribution in [0.3, 0.4) is 0 Å². The number of carbonyl (C=O) groups excluding carboxylic acids is 2. The quantitative estimate of drug-likeness (QED) is 0.379. The van der Waals surface area contributed by atoms with Gasteiger partial charge in [-0.3, -0.25) is 9.59 Å². The molecule has 0 aliphatic carbocycles. The molecule has 0 N–H and O–H groups in total. The molecule has 0 aromatic rings. The highest BCUT2D eigenvalue weighted by Crippen LogP contribution is 2.44. The summed E-state index contributed by atoms with van der Waals surface area (Å²) < 4.78 is 40.5. The molecule has 3 rings (SSSR count). The summed E-state index contributed by atoms with van der Waals surface area (Å²) in [5, 5.41) is 0. The molecule has 0 aromatic carbocycles. The van der Waals surface area contributed by atoms with Crippen LogP contribution in [-0.4, -0.2) is 72.3 Å². The second-order valence-electron chi connectivity index (χ2n) is 9.61. The SMILES string of the molecule is CCOC(=O)C(C)(C)CC(Br)C(=O)OCC1O[C@@H]2OC(C)(C)OC2[C@H]2OC(C)(C)O[C@@H]12. The van der Waals surface area contributed by atoms with Crippen LogP contribution in [0.25, 0.3) is 0 Å². The van der Waals surface area contributed by atoms with Gasteiger partial charge in [-0.2, -0.15) is 0 Å². The normalized spacial score (nSPS) is 34.5. The summed E-state index contributed by atoms with van der Waals surface area (Å²) in [5.74, 6) is -2.51. The van der Waals surface area contributed by atoms with Crippen molar-refractivity contribution in [1.29, 1.82) is 0 Å². The Bertz CT molecular complexity index is 692. The number of ether oxygens (including phenoxy) is 7. The molecule has 3 fully saturated rings. The number of rotatable bonds is 7. The average molecular weight is 509 g/mol. The number of halogens is 1. The summed E-state index contributed by atoms with van der Waals surface area (Å²) >= 11 is 3.33. The van der Waals surface area contributed by atoms with Crippen molar-refractivity contribution < 1.29 is 42.7 Å². The van der Waals surface area contributed by atoms with Gasteiger partial charge in [-0.25, -0.2) is 0 Å². The Balaban J connectivity index is 1.61. The van der Waals surface area contributed by atoms with E-state index in [-0.39, 0.29) is 25.6 Å². The van der Waals surface area contributed by atoms with E-state index in [0.29, 0.717) is 0 Å². The van der Waals surface area contributed by atoms with E-state index < -0.39 is 58.5 Å². The van der Waals surface area contributed by atoms with Gasteiger partial charge >= 0.3 is 11.9 Å². The zero-order valence-electron chi connectivity index (χ0n) is 19.1. The smallest absolute Gasteiger partial charge is 0.319 e. The molecule has 3 aliphatic heterocycles. The van der Waals surface area contributed by atoms with Gasteiger partial charge in [0.2, 0.25) is 0 Å². The van der Waals surface area contributed by atoms with E-state index in [1.165, 1.54) is 0 Å². The number of hydrogen-bond donors (Lipinski definition) is 0. The first-order valence-corrected chi connectivity index (χ1v) is 11.5. The van der Waals surface area contributed by atoms with E-state index in [1.807, 2.05) is 13.8 Å². The highest BCUT2D eigenvalue weighted by atomic mass is 79.9. The van der Waals surface area contributed by atoms with Crippen LogP contribution in [-0.2, 0) is 42.7 Å². The second kappa shape index (κ2) is 8.87.